The van der Waals surface area contributed by atoms with Crippen LogP contribution >= 0.6 is 0 Å². The van der Waals surface area contributed by atoms with E-state index in [1.807, 2.05) is 30.3 Å². The van der Waals surface area contributed by atoms with Crippen LogP contribution in [0.2, 0.25) is 0 Å². The fourth-order valence-corrected chi connectivity index (χ4v) is 3.21. The second-order valence-electron chi connectivity index (χ2n) is 6.28. The van der Waals surface area contributed by atoms with Gasteiger partial charge in [0.25, 0.3) is 0 Å². The first kappa shape index (κ1) is 15.8. The minimum atomic E-state index is 0.765. The van der Waals surface area contributed by atoms with Crippen molar-refractivity contribution < 1.29 is 4.74 Å². The molecule has 1 aliphatic heterocycles. The minimum Gasteiger partial charge on any atom is -0.494 e. The molecule has 1 fully saturated rings. The summed E-state index contributed by atoms with van der Waals surface area (Å²) in [4.78, 5) is 9.06. The van der Waals surface area contributed by atoms with E-state index in [4.69, 9.17) is 4.74 Å². The van der Waals surface area contributed by atoms with Crippen LogP contribution in [0.25, 0.3) is 22.2 Å². The molecule has 128 valence electrons. The number of anilines is 1. The molecule has 1 saturated heterocycles. The van der Waals surface area contributed by atoms with Gasteiger partial charge in [0.2, 0.25) is 0 Å². The van der Waals surface area contributed by atoms with Crippen LogP contribution in [0, 0.1) is 0 Å². The third-order valence-electron chi connectivity index (χ3n) is 4.71. The molecule has 0 bridgehead atoms. The van der Waals surface area contributed by atoms with Gasteiger partial charge >= 0.3 is 0 Å². The van der Waals surface area contributed by atoms with E-state index >= 15 is 0 Å². The first-order valence-electron chi connectivity index (χ1n) is 8.45. The van der Waals surface area contributed by atoms with Crippen LogP contribution in [0.15, 0.2) is 42.6 Å². The second kappa shape index (κ2) is 6.64. The Morgan fingerprint density at radius 2 is 1.80 bits per heavy atom. The van der Waals surface area contributed by atoms with E-state index in [9.17, 15) is 0 Å². The molecule has 2 aromatic heterocycles. The van der Waals surface area contributed by atoms with Gasteiger partial charge in [0.05, 0.1) is 12.8 Å². The predicted molar refractivity (Wildman–Crippen MR) is 99.0 cm³/mol. The molecule has 6 nitrogen and oxygen atoms in total. The summed E-state index contributed by atoms with van der Waals surface area (Å²) in [6, 6.07) is 12.0. The van der Waals surface area contributed by atoms with Gasteiger partial charge in [-0.05, 0) is 37.4 Å². The Bertz CT molecular complexity index is 873. The number of rotatable bonds is 3. The summed E-state index contributed by atoms with van der Waals surface area (Å²) < 4.78 is 5.42. The van der Waals surface area contributed by atoms with Gasteiger partial charge in [-0.2, -0.15) is 0 Å². The maximum absolute atomic E-state index is 5.42. The van der Waals surface area contributed by atoms with E-state index in [2.05, 4.69) is 38.1 Å². The Morgan fingerprint density at radius 1 is 0.960 bits per heavy atom. The van der Waals surface area contributed by atoms with E-state index in [1.165, 1.54) is 0 Å². The van der Waals surface area contributed by atoms with Crippen molar-refractivity contribution in [1.82, 2.24) is 20.1 Å². The lowest BCUT2D eigenvalue weighted by molar-refractivity contribution is 0.312. The molecule has 0 radical (unpaired) electrons. The lowest BCUT2D eigenvalue weighted by atomic mass is 10.0. The van der Waals surface area contributed by atoms with Crippen molar-refractivity contribution in [3.63, 3.8) is 0 Å². The number of methoxy groups -OCH3 is 1. The van der Waals surface area contributed by atoms with E-state index < -0.39 is 0 Å². The minimum absolute atomic E-state index is 0.765. The third kappa shape index (κ3) is 3.00. The molecular formula is C19H21N5O. The van der Waals surface area contributed by atoms with Gasteiger partial charge in [0, 0.05) is 43.3 Å². The number of hydrogen-bond donors (Lipinski definition) is 0. The molecule has 3 aromatic rings. The highest BCUT2D eigenvalue weighted by molar-refractivity contribution is 5.96. The summed E-state index contributed by atoms with van der Waals surface area (Å²) in [6.45, 7) is 4.08. The second-order valence-corrected chi connectivity index (χ2v) is 6.28. The Balaban J connectivity index is 1.68. The highest BCUT2D eigenvalue weighted by Crippen LogP contribution is 2.32. The van der Waals surface area contributed by atoms with Crippen molar-refractivity contribution in [1.29, 1.82) is 0 Å². The molecule has 1 aromatic carbocycles. The smallest absolute Gasteiger partial charge is 0.151 e. The number of fused-ring (bicyclic) bond motifs is 1. The number of aromatic nitrogens is 3. The van der Waals surface area contributed by atoms with Crippen LogP contribution in [0.5, 0.6) is 5.75 Å². The molecule has 25 heavy (non-hydrogen) atoms. The zero-order valence-electron chi connectivity index (χ0n) is 14.5. The van der Waals surface area contributed by atoms with Gasteiger partial charge < -0.3 is 14.5 Å². The topological polar surface area (TPSA) is 54.4 Å². The molecule has 4 rings (SSSR count). The van der Waals surface area contributed by atoms with Crippen molar-refractivity contribution in [3.8, 4) is 17.0 Å². The third-order valence-corrected chi connectivity index (χ3v) is 4.71. The van der Waals surface area contributed by atoms with Gasteiger partial charge in [-0.3, -0.25) is 4.98 Å². The van der Waals surface area contributed by atoms with Gasteiger partial charge in [-0.25, -0.2) is 0 Å². The van der Waals surface area contributed by atoms with Crippen molar-refractivity contribution in [3.05, 3.63) is 42.6 Å². The lowest BCUT2D eigenvalue weighted by Crippen LogP contribution is -2.44. The molecular weight excluding hydrogens is 314 g/mol. The van der Waals surface area contributed by atoms with Gasteiger partial charge in [0.1, 0.15) is 11.3 Å². The molecule has 0 amide bonds. The highest BCUT2D eigenvalue weighted by atomic mass is 16.5. The normalized spacial score (nSPS) is 15.5. The number of hydrogen-bond acceptors (Lipinski definition) is 6. The van der Waals surface area contributed by atoms with Crippen molar-refractivity contribution >= 4 is 16.7 Å². The summed E-state index contributed by atoms with van der Waals surface area (Å²) in [5.74, 6) is 1.70. The molecule has 6 heteroatoms. The Kier molecular flexibility index (Phi) is 4.19. The zero-order valence-corrected chi connectivity index (χ0v) is 14.5. The average molecular weight is 335 g/mol. The number of ether oxygens (including phenoxy) is 1. The van der Waals surface area contributed by atoms with Crippen molar-refractivity contribution in [2.24, 2.45) is 0 Å². The van der Waals surface area contributed by atoms with Gasteiger partial charge in [-0.1, -0.05) is 6.07 Å². The van der Waals surface area contributed by atoms with Crippen LogP contribution in [0.3, 0.4) is 0 Å². The molecule has 0 saturated carbocycles. The largest absolute Gasteiger partial charge is 0.494 e. The predicted octanol–water partition coefficient (Wildman–Crippen LogP) is 2.45. The van der Waals surface area contributed by atoms with E-state index in [-0.39, 0.29) is 0 Å². The first-order valence-corrected chi connectivity index (χ1v) is 8.45. The average Bonchev–Trinajstić information content (AvgIpc) is 2.68. The van der Waals surface area contributed by atoms with Crippen molar-refractivity contribution in [2.45, 2.75) is 0 Å². The Hall–Kier alpha value is -2.73. The number of piperazine rings is 1. The van der Waals surface area contributed by atoms with Crippen LogP contribution in [-0.2, 0) is 0 Å². The summed E-state index contributed by atoms with van der Waals surface area (Å²) in [5, 5.41) is 9.95. The molecule has 1 aliphatic rings. The number of nitrogens with zero attached hydrogens (tertiary/aromatic N) is 5. The summed E-state index contributed by atoms with van der Waals surface area (Å²) in [7, 11) is 3.81. The van der Waals surface area contributed by atoms with Crippen molar-refractivity contribution in [2.75, 3.05) is 45.2 Å². The molecule has 0 aliphatic carbocycles. The maximum Gasteiger partial charge on any atom is 0.151 e. The Morgan fingerprint density at radius 3 is 2.52 bits per heavy atom. The summed E-state index contributed by atoms with van der Waals surface area (Å²) in [6.07, 6.45) is 1.77. The van der Waals surface area contributed by atoms with Gasteiger partial charge in [-0.15, -0.1) is 10.2 Å². The fourth-order valence-electron chi connectivity index (χ4n) is 3.21. The maximum atomic E-state index is 5.42. The Labute approximate surface area is 147 Å². The number of likely N-dealkylation sites (N-methyl/N-ethyl adjacent to an activating group) is 1. The number of benzene rings is 1. The monoisotopic (exact) mass is 335 g/mol. The van der Waals surface area contributed by atoms with Crippen LogP contribution in [-0.4, -0.2) is 60.4 Å². The zero-order chi connectivity index (χ0) is 17.2. The molecule has 0 N–H and O–H groups in total. The van der Waals surface area contributed by atoms with E-state index in [0.717, 1.165) is 59.9 Å². The van der Waals surface area contributed by atoms with Crippen LogP contribution in [0.1, 0.15) is 0 Å². The standard InChI is InChI=1S/C19H21N5O/c1-23-10-12-24(13-11-23)18-8-6-16(21-22-18)14-5-7-17(25-2)19-15(14)4-3-9-20-19/h3-9H,10-13H2,1-2H3. The van der Waals surface area contributed by atoms with Crippen LogP contribution < -0.4 is 9.64 Å². The number of pyridine rings is 1. The molecule has 3 heterocycles. The quantitative estimate of drug-likeness (QED) is 0.733. The molecule has 0 unspecified atom stereocenters. The molecule has 0 atom stereocenters. The first-order chi connectivity index (χ1) is 12.3. The SMILES string of the molecule is COc1ccc(-c2ccc(N3CCN(C)CC3)nn2)c2cccnc12. The molecule has 0 spiro atoms. The van der Waals surface area contributed by atoms with Gasteiger partial charge in [0.15, 0.2) is 5.82 Å². The summed E-state index contributed by atoms with van der Waals surface area (Å²) >= 11 is 0. The van der Waals surface area contributed by atoms with Crippen LogP contribution in [0.4, 0.5) is 5.82 Å². The fraction of sp³-hybridized carbons (Fsp3) is 0.316. The lowest BCUT2D eigenvalue weighted by Gasteiger charge is -2.32. The van der Waals surface area contributed by atoms with E-state index in [0.29, 0.717) is 0 Å². The summed E-state index contributed by atoms with van der Waals surface area (Å²) in [5.41, 5.74) is 2.70. The highest BCUT2D eigenvalue weighted by Gasteiger charge is 2.16. The van der Waals surface area contributed by atoms with E-state index in [1.54, 1.807) is 13.3 Å².